The standard InChI is InChI=1S/C14H24N2O7.Au/c1-5-4-6(17)14(20)13(21-5)22-12-10(19)7(15-2)9(18)8(16-3)11(12)23-14;/h5,7-13,15-16,18-20H,4H2,1-3H3;/t5-,7-,8+,9+,10+,11-,12-,13+,14+;/m1./s1. The van der Waals surface area contributed by atoms with E-state index in [0.29, 0.717) is 0 Å². The van der Waals surface area contributed by atoms with Crippen LogP contribution in [0.15, 0.2) is 0 Å². The molecule has 0 aromatic heterocycles. The molecule has 5 N–H and O–H groups in total. The zero-order valence-electron chi connectivity index (χ0n) is 13.6. The second-order valence-corrected chi connectivity index (χ2v) is 6.40. The van der Waals surface area contributed by atoms with Gasteiger partial charge in [-0.15, -0.1) is 0 Å². The molecule has 2 saturated heterocycles. The van der Waals surface area contributed by atoms with E-state index in [9.17, 15) is 20.1 Å². The average molecular weight is 529 g/mol. The average Bonchev–Trinajstić information content (AvgIpc) is 2.49. The normalized spacial score (nSPS) is 51.3. The molecular formula is C14H24AuN2O7. The maximum Gasteiger partial charge on any atom is 0.280 e. The largest absolute Gasteiger partial charge is 0.390 e. The molecule has 9 nitrogen and oxygen atoms in total. The minimum Gasteiger partial charge on any atom is -0.390 e. The Hall–Kier alpha value is 0.0903. The van der Waals surface area contributed by atoms with Crippen molar-refractivity contribution in [3.63, 3.8) is 0 Å². The van der Waals surface area contributed by atoms with Gasteiger partial charge in [-0.25, -0.2) is 0 Å². The molecule has 1 radical (unpaired) electrons. The molecule has 1 aliphatic carbocycles. The van der Waals surface area contributed by atoms with Gasteiger partial charge in [0.1, 0.15) is 18.3 Å². The van der Waals surface area contributed by atoms with Crippen molar-refractivity contribution in [3.05, 3.63) is 0 Å². The summed E-state index contributed by atoms with van der Waals surface area (Å²) in [7, 11) is 3.24. The van der Waals surface area contributed by atoms with Crippen LogP contribution in [-0.4, -0.2) is 89.9 Å². The van der Waals surface area contributed by atoms with Crippen molar-refractivity contribution in [3.8, 4) is 0 Å². The fourth-order valence-electron chi connectivity index (χ4n) is 3.68. The summed E-state index contributed by atoms with van der Waals surface area (Å²) < 4.78 is 16.8. The third-order valence-electron chi connectivity index (χ3n) is 4.93. The predicted octanol–water partition coefficient (Wildman–Crippen LogP) is -2.93. The van der Waals surface area contributed by atoms with Crippen LogP contribution in [0.1, 0.15) is 13.3 Å². The van der Waals surface area contributed by atoms with Gasteiger partial charge < -0.3 is 40.2 Å². The van der Waals surface area contributed by atoms with Crippen LogP contribution < -0.4 is 10.6 Å². The third-order valence-corrected chi connectivity index (χ3v) is 4.93. The van der Waals surface area contributed by atoms with Crippen LogP contribution >= 0.6 is 0 Å². The van der Waals surface area contributed by atoms with Crippen molar-refractivity contribution in [2.45, 2.75) is 68.0 Å². The minimum absolute atomic E-state index is 0. The van der Waals surface area contributed by atoms with Crippen molar-refractivity contribution in [2.75, 3.05) is 14.1 Å². The van der Waals surface area contributed by atoms with E-state index in [1.807, 2.05) is 0 Å². The summed E-state index contributed by atoms with van der Waals surface area (Å²) in [6, 6.07) is -1.29. The summed E-state index contributed by atoms with van der Waals surface area (Å²) >= 11 is 0. The number of hydrogen-bond donors (Lipinski definition) is 5. The molecule has 0 bridgehead atoms. The minimum atomic E-state index is -2.23. The van der Waals surface area contributed by atoms with Gasteiger partial charge in [-0.2, -0.15) is 0 Å². The Kier molecular flexibility index (Phi) is 6.27. The number of nitrogens with one attached hydrogen (secondary N) is 2. The molecule has 3 rings (SSSR count). The van der Waals surface area contributed by atoms with E-state index in [4.69, 9.17) is 14.2 Å². The predicted molar refractivity (Wildman–Crippen MR) is 76.4 cm³/mol. The summed E-state index contributed by atoms with van der Waals surface area (Å²) in [6.45, 7) is 1.70. The summed E-state index contributed by atoms with van der Waals surface area (Å²) in [5.41, 5.74) is 0. The summed E-state index contributed by atoms with van der Waals surface area (Å²) in [6.07, 6.45) is -5.58. The third kappa shape index (κ3) is 3.01. The van der Waals surface area contributed by atoms with Gasteiger partial charge >= 0.3 is 0 Å². The van der Waals surface area contributed by atoms with Crippen LogP contribution in [0.3, 0.4) is 0 Å². The number of carbonyl (C=O) groups excluding carboxylic acids is 1. The zero-order chi connectivity index (χ0) is 16.9. The number of aliphatic hydroxyl groups is 3. The number of likely N-dealkylation sites (N-methyl/N-ethyl adjacent to an activating group) is 2. The molecule has 3 fully saturated rings. The van der Waals surface area contributed by atoms with Gasteiger partial charge in [-0.1, -0.05) is 0 Å². The fraction of sp³-hybridized carbons (Fsp3) is 0.929. The number of fused-ring (bicyclic) bond motifs is 2. The number of ether oxygens (including phenoxy) is 3. The number of Topliss-reactive ketones (excluding diaryl/α,β-unsaturated/α-hetero) is 1. The van der Waals surface area contributed by atoms with Gasteiger partial charge in [0, 0.05) is 28.8 Å². The summed E-state index contributed by atoms with van der Waals surface area (Å²) in [4.78, 5) is 12.2. The SMILES string of the molecule is CN[C@@H]1[C@H](O)[C@H](NC)[C@H]2O[C@@]3(O)C(=O)C[C@@H](C)O[C@H]3O[C@@H]2[C@H]1O.[Au]. The van der Waals surface area contributed by atoms with Gasteiger partial charge in [0.15, 0.2) is 5.78 Å². The number of aliphatic hydroxyl groups excluding tert-OH is 2. The van der Waals surface area contributed by atoms with Crippen LogP contribution in [0.2, 0.25) is 0 Å². The van der Waals surface area contributed by atoms with E-state index < -0.39 is 60.5 Å². The first-order valence-corrected chi connectivity index (χ1v) is 7.78. The maximum absolute atomic E-state index is 12.2. The molecule has 1 saturated carbocycles. The Morgan fingerprint density at radius 1 is 1.08 bits per heavy atom. The first-order valence-electron chi connectivity index (χ1n) is 7.78. The van der Waals surface area contributed by atoms with Gasteiger partial charge in [-0.05, 0) is 21.0 Å². The van der Waals surface area contributed by atoms with E-state index in [2.05, 4.69) is 10.6 Å². The molecule has 2 heterocycles. The van der Waals surface area contributed by atoms with Crippen LogP contribution in [-0.2, 0) is 41.4 Å². The first kappa shape index (κ1) is 20.4. The molecule has 9 atom stereocenters. The molecule has 0 aromatic rings. The molecule has 0 aromatic carbocycles. The Morgan fingerprint density at radius 3 is 2.29 bits per heavy atom. The maximum atomic E-state index is 12.2. The van der Waals surface area contributed by atoms with Crippen molar-refractivity contribution in [1.82, 2.24) is 10.6 Å². The molecular weight excluding hydrogens is 505 g/mol. The number of carbonyl (C=O) groups is 1. The molecule has 0 spiro atoms. The van der Waals surface area contributed by atoms with E-state index in [0.717, 1.165) is 0 Å². The second-order valence-electron chi connectivity index (χ2n) is 6.40. The molecule has 24 heavy (non-hydrogen) atoms. The summed E-state index contributed by atoms with van der Waals surface area (Å²) in [5.74, 6) is -2.76. The molecule has 0 amide bonds. The van der Waals surface area contributed by atoms with Gasteiger partial charge in [0.05, 0.1) is 24.3 Å². The van der Waals surface area contributed by atoms with E-state index in [-0.39, 0.29) is 28.8 Å². The second kappa shape index (κ2) is 7.37. The molecule has 3 aliphatic rings. The zero-order valence-corrected chi connectivity index (χ0v) is 15.8. The van der Waals surface area contributed by atoms with Crippen molar-refractivity contribution in [1.29, 1.82) is 0 Å². The number of hydrogen-bond acceptors (Lipinski definition) is 9. The topological polar surface area (TPSA) is 130 Å². The number of ketones is 1. The van der Waals surface area contributed by atoms with Crippen molar-refractivity contribution < 1.29 is 56.7 Å². The monoisotopic (exact) mass is 529 g/mol. The molecule has 2 aliphatic heterocycles. The van der Waals surface area contributed by atoms with Crippen LogP contribution in [0.25, 0.3) is 0 Å². The summed E-state index contributed by atoms with van der Waals surface area (Å²) in [5, 5.41) is 37.2. The Balaban J connectivity index is 0.00000208. The van der Waals surface area contributed by atoms with Crippen LogP contribution in [0.4, 0.5) is 0 Å². The Bertz CT molecular complexity index is 484. The Labute approximate surface area is 155 Å². The van der Waals surface area contributed by atoms with E-state index in [1.165, 1.54) is 0 Å². The molecule has 0 unspecified atom stereocenters. The van der Waals surface area contributed by atoms with E-state index >= 15 is 0 Å². The van der Waals surface area contributed by atoms with Crippen molar-refractivity contribution >= 4 is 5.78 Å². The number of rotatable bonds is 2. The van der Waals surface area contributed by atoms with Crippen LogP contribution in [0, 0.1) is 0 Å². The fourth-order valence-corrected chi connectivity index (χ4v) is 3.68. The molecule has 10 heteroatoms. The quantitative estimate of drug-likeness (QED) is 0.239. The van der Waals surface area contributed by atoms with Crippen molar-refractivity contribution in [2.24, 2.45) is 0 Å². The first-order chi connectivity index (χ1) is 10.8. The van der Waals surface area contributed by atoms with Gasteiger partial charge in [0.25, 0.3) is 5.79 Å². The van der Waals surface area contributed by atoms with Crippen LogP contribution in [0.5, 0.6) is 0 Å². The van der Waals surface area contributed by atoms with E-state index in [1.54, 1.807) is 21.0 Å². The van der Waals surface area contributed by atoms with Gasteiger partial charge in [0.2, 0.25) is 6.29 Å². The van der Waals surface area contributed by atoms with Gasteiger partial charge in [-0.3, -0.25) is 4.79 Å². The Morgan fingerprint density at radius 2 is 1.71 bits per heavy atom. The molecule has 143 valence electrons. The smallest absolute Gasteiger partial charge is 0.280 e.